The number of aromatic nitrogens is 2. The van der Waals surface area contributed by atoms with E-state index in [1.165, 1.54) is 5.69 Å². The molecule has 2 heteroatoms. The highest BCUT2D eigenvalue weighted by atomic mass is 15.0. The highest BCUT2D eigenvalue weighted by Gasteiger charge is 1.98. The van der Waals surface area contributed by atoms with Gasteiger partial charge in [-0.1, -0.05) is 13.8 Å². The maximum Gasteiger partial charge on any atom is 0.0946 e. The SMILES string of the molecule is CC(C)Cc1cn(C)cn1. The molecular weight excluding hydrogens is 124 g/mol. The molecule has 1 aromatic rings. The summed E-state index contributed by atoms with van der Waals surface area (Å²) in [6.45, 7) is 4.41. The Morgan fingerprint density at radius 2 is 2.30 bits per heavy atom. The number of aryl methyl sites for hydroxylation is 1. The molecule has 2 nitrogen and oxygen atoms in total. The van der Waals surface area contributed by atoms with Crippen LogP contribution in [-0.2, 0) is 13.5 Å². The van der Waals surface area contributed by atoms with Crippen molar-refractivity contribution in [2.75, 3.05) is 0 Å². The minimum atomic E-state index is 0.704. The Morgan fingerprint density at radius 3 is 2.70 bits per heavy atom. The molecule has 1 heterocycles. The van der Waals surface area contributed by atoms with E-state index in [0.717, 1.165) is 6.42 Å². The number of nitrogens with zero attached hydrogens (tertiary/aromatic N) is 2. The topological polar surface area (TPSA) is 17.8 Å². The molecule has 1 aromatic heterocycles. The van der Waals surface area contributed by atoms with E-state index in [-0.39, 0.29) is 0 Å². The first-order valence-corrected chi connectivity index (χ1v) is 3.65. The van der Waals surface area contributed by atoms with Gasteiger partial charge in [0.05, 0.1) is 12.0 Å². The third-order valence-electron chi connectivity index (χ3n) is 1.38. The predicted octanol–water partition coefficient (Wildman–Crippen LogP) is 1.62. The van der Waals surface area contributed by atoms with E-state index in [4.69, 9.17) is 0 Å². The van der Waals surface area contributed by atoms with E-state index < -0.39 is 0 Å². The van der Waals surface area contributed by atoms with Crippen molar-refractivity contribution in [3.05, 3.63) is 18.2 Å². The summed E-state index contributed by atoms with van der Waals surface area (Å²) in [7, 11) is 2.00. The smallest absolute Gasteiger partial charge is 0.0946 e. The molecule has 0 aliphatic rings. The van der Waals surface area contributed by atoms with Gasteiger partial charge in [0.15, 0.2) is 0 Å². The standard InChI is InChI=1S/C8H14N2/c1-7(2)4-8-5-10(3)6-9-8/h5-7H,4H2,1-3H3. The van der Waals surface area contributed by atoms with Gasteiger partial charge in [0.25, 0.3) is 0 Å². The molecule has 0 aromatic carbocycles. The molecule has 0 saturated heterocycles. The van der Waals surface area contributed by atoms with Crippen molar-refractivity contribution in [2.24, 2.45) is 13.0 Å². The highest BCUT2D eigenvalue weighted by molar-refractivity contribution is 4.96. The van der Waals surface area contributed by atoms with Crippen LogP contribution in [0, 0.1) is 5.92 Å². The van der Waals surface area contributed by atoms with E-state index in [9.17, 15) is 0 Å². The van der Waals surface area contributed by atoms with Crippen LogP contribution in [-0.4, -0.2) is 9.55 Å². The summed E-state index contributed by atoms with van der Waals surface area (Å²) >= 11 is 0. The molecule has 10 heavy (non-hydrogen) atoms. The molecule has 0 saturated carbocycles. The molecule has 0 N–H and O–H groups in total. The summed E-state index contributed by atoms with van der Waals surface area (Å²) in [5.41, 5.74) is 1.19. The number of hydrogen-bond acceptors (Lipinski definition) is 1. The second kappa shape index (κ2) is 2.86. The second-order valence-corrected chi connectivity index (χ2v) is 3.13. The van der Waals surface area contributed by atoms with Gasteiger partial charge in [0.1, 0.15) is 0 Å². The Balaban J connectivity index is 2.58. The highest BCUT2D eigenvalue weighted by Crippen LogP contribution is 2.03. The fourth-order valence-corrected chi connectivity index (χ4v) is 0.991. The molecule has 0 amide bonds. The van der Waals surface area contributed by atoms with Gasteiger partial charge in [-0.2, -0.15) is 0 Å². The van der Waals surface area contributed by atoms with Crippen LogP contribution in [0.2, 0.25) is 0 Å². The van der Waals surface area contributed by atoms with Crippen LogP contribution in [0.1, 0.15) is 19.5 Å². The van der Waals surface area contributed by atoms with Crippen molar-refractivity contribution in [1.82, 2.24) is 9.55 Å². The van der Waals surface area contributed by atoms with Crippen LogP contribution in [0.25, 0.3) is 0 Å². The fraction of sp³-hybridized carbons (Fsp3) is 0.625. The maximum atomic E-state index is 4.22. The van der Waals surface area contributed by atoms with Gasteiger partial charge in [0.2, 0.25) is 0 Å². The lowest BCUT2D eigenvalue weighted by atomic mass is 10.1. The lowest BCUT2D eigenvalue weighted by molar-refractivity contribution is 0.637. The third-order valence-corrected chi connectivity index (χ3v) is 1.38. The van der Waals surface area contributed by atoms with Gasteiger partial charge < -0.3 is 4.57 Å². The lowest BCUT2D eigenvalue weighted by Crippen LogP contribution is -1.93. The average molecular weight is 138 g/mol. The van der Waals surface area contributed by atoms with Crippen molar-refractivity contribution < 1.29 is 0 Å². The molecule has 0 radical (unpaired) electrons. The summed E-state index contributed by atoms with van der Waals surface area (Å²) in [6.07, 6.45) is 5.00. The Hall–Kier alpha value is -0.790. The first kappa shape index (κ1) is 7.32. The third kappa shape index (κ3) is 1.87. The van der Waals surface area contributed by atoms with Crippen LogP contribution in [0.4, 0.5) is 0 Å². The summed E-state index contributed by atoms with van der Waals surface area (Å²) in [5.74, 6) is 0.704. The van der Waals surface area contributed by atoms with E-state index >= 15 is 0 Å². The summed E-state index contributed by atoms with van der Waals surface area (Å²) in [4.78, 5) is 4.22. The molecule has 56 valence electrons. The largest absolute Gasteiger partial charge is 0.340 e. The molecule has 0 atom stereocenters. The van der Waals surface area contributed by atoms with E-state index in [1.807, 2.05) is 17.9 Å². The normalized spacial score (nSPS) is 10.8. The van der Waals surface area contributed by atoms with Crippen molar-refractivity contribution in [3.63, 3.8) is 0 Å². The number of hydrogen-bond donors (Lipinski definition) is 0. The molecule has 0 bridgehead atoms. The zero-order chi connectivity index (χ0) is 7.56. The number of imidazole rings is 1. The molecule has 0 fully saturated rings. The van der Waals surface area contributed by atoms with E-state index in [0.29, 0.717) is 5.92 Å². The van der Waals surface area contributed by atoms with Crippen LogP contribution >= 0.6 is 0 Å². The Morgan fingerprint density at radius 1 is 1.60 bits per heavy atom. The van der Waals surface area contributed by atoms with E-state index in [1.54, 1.807) is 0 Å². The van der Waals surface area contributed by atoms with Crippen molar-refractivity contribution >= 4 is 0 Å². The number of rotatable bonds is 2. The van der Waals surface area contributed by atoms with Crippen LogP contribution in [0.5, 0.6) is 0 Å². The van der Waals surface area contributed by atoms with Crippen molar-refractivity contribution in [2.45, 2.75) is 20.3 Å². The first-order valence-electron chi connectivity index (χ1n) is 3.65. The van der Waals surface area contributed by atoms with Crippen LogP contribution in [0.3, 0.4) is 0 Å². The van der Waals surface area contributed by atoms with Gasteiger partial charge in [-0.15, -0.1) is 0 Å². The molecular formula is C8H14N2. The Bertz CT molecular complexity index is 201. The van der Waals surface area contributed by atoms with Crippen LogP contribution in [0.15, 0.2) is 12.5 Å². The Labute approximate surface area is 61.9 Å². The molecule has 0 spiro atoms. The molecule has 1 rings (SSSR count). The fourth-order valence-electron chi connectivity index (χ4n) is 0.991. The predicted molar refractivity (Wildman–Crippen MR) is 41.8 cm³/mol. The second-order valence-electron chi connectivity index (χ2n) is 3.13. The zero-order valence-electron chi connectivity index (χ0n) is 6.83. The van der Waals surface area contributed by atoms with Crippen LogP contribution < -0.4 is 0 Å². The molecule has 0 aliphatic heterocycles. The monoisotopic (exact) mass is 138 g/mol. The van der Waals surface area contributed by atoms with E-state index in [2.05, 4.69) is 25.0 Å². The van der Waals surface area contributed by atoms with Crippen molar-refractivity contribution in [1.29, 1.82) is 0 Å². The first-order chi connectivity index (χ1) is 4.68. The minimum absolute atomic E-state index is 0.704. The minimum Gasteiger partial charge on any atom is -0.340 e. The summed E-state index contributed by atoms with van der Waals surface area (Å²) < 4.78 is 1.98. The van der Waals surface area contributed by atoms with Gasteiger partial charge in [-0.3, -0.25) is 0 Å². The molecule has 0 aliphatic carbocycles. The lowest BCUT2D eigenvalue weighted by Gasteiger charge is -1.98. The van der Waals surface area contributed by atoms with Crippen molar-refractivity contribution in [3.8, 4) is 0 Å². The zero-order valence-corrected chi connectivity index (χ0v) is 6.83. The van der Waals surface area contributed by atoms with Gasteiger partial charge in [0, 0.05) is 13.2 Å². The maximum absolute atomic E-state index is 4.22. The summed E-state index contributed by atoms with van der Waals surface area (Å²) in [5, 5.41) is 0. The molecule has 0 unspecified atom stereocenters. The quantitative estimate of drug-likeness (QED) is 0.607. The average Bonchev–Trinajstić information content (AvgIpc) is 2.13. The Kier molecular flexibility index (Phi) is 2.10. The van der Waals surface area contributed by atoms with Gasteiger partial charge in [-0.25, -0.2) is 4.98 Å². The van der Waals surface area contributed by atoms with Gasteiger partial charge >= 0.3 is 0 Å². The van der Waals surface area contributed by atoms with Gasteiger partial charge in [-0.05, 0) is 12.3 Å². The summed E-state index contributed by atoms with van der Waals surface area (Å²) in [6, 6.07) is 0.